The molecule has 26 heavy (non-hydrogen) atoms. The van der Waals surface area contributed by atoms with Crippen molar-refractivity contribution in [2.75, 3.05) is 26.7 Å². The third-order valence-electron chi connectivity index (χ3n) is 5.68. The number of thioether (sulfide) groups is 1. The zero-order valence-electron chi connectivity index (χ0n) is 15.2. The number of benzene rings is 1. The molecule has 0 spiro atoms. The van der Waals surface area contributed by atoms with Gasteiger partial charge in [-0.3, -0.25) is 9.79 Å². The van der Waals surface area contributed by atoms with Crippen LogP contribution in [0.5, 0.6) is 5.75 Å². The summed E-state index contributed by atoms with van der Waals surface area (Å²) in [7, 11) is 1.69. The second-order valence-electron chi connectivity index (χ2n) is 7.21. The number of ether oxygens (including phenoxy) is 1. The predicted octanol–water partition coefficient (Wildman–Crippen LogP) is 3.27. The van der Waals surface area contributed by atoms with E-state index in [4.69, 9.17) is 4.74 Å². The first-order valence-electron chi connectivity index (χ1n) is 9.29. The maximum Gasteiger partial charge on any atom is 0.225 e. The Bertz CT molecular complexity index is 736. The Morgan fingerprint density at radius 3 is 2.81 bits per heavy atom. The van der Waals surface area contributed by atoms with Crippen LogP contribution in [0.2, 0.25) is 0 Å². The van der Waals surface area contributed by atoms with Gasteiger partial charge >= 0.3 is 0 Å². The summed E-state index contributed by atoms with van der Waals surface area (Å²) in [5.41, 5.74) is 2.44. The minimum Gasteiger partial charge on any atom is -0.497 e. The number of nitrogens with one attached hydrogen (secondary N) is 1. The smallest absolute Gasteiger partial charge is 0.225 e. The Kier molecular flexibility index (Phi) is 4.94. The number of carbonyl (C=O) groups excluding carboxylic acids is 1. The maximum absolute atomic E-state index is 12.6. The van der Waals surface area contributed by atoms with Gasteiger partial charge in [0, 0.05) is 24.2 Å². The molecule has 1 fully saturated rings. The van der Waals surface area contributed by atoms with E-state index in [-0.39, 0.29) is 11.3 Å². The summed E-state index contributed by atoms with van der Waals surface area (Å²) in [4.78, 5) is 19.2. The minimum atomic E-state index is 0.0565. The van der Waals surface area contributed by atoms with Gasteiger partial charge in [-0.05, 0) is 35.9 Å². The fraction of sp³-hybridized carbons (Fsp3) is 0.500. The van der Waals surface area contributed by atoms with Crippen LogP contribution in [0.1, 0.15) is 37.7 Å². The quantitative estimate of drug-likeness (QED) is 0.834. The van der Waals surface area contributed by atoms with Gasteiger partial charge in [-0.25, -0.2) is 0 Å². The van der Waals surface area contributed by atoms with Crippen LogP contribution in [0.15, 0.2) is 40.4 Å². The van der Waals surface area contributed by atoms with Gasteiger partial charge in [0.05, 0.1) is 20.1 Å². The zero-order chi connectivity index (χ0) is 18.0. The van der Waals surface area contributed by atoms with E-state index < -0.39 is 0 Å². The van der Waals surface area contributed by atoms with Gasteiger partial charge in [-0.1, -0.05) is 36.7 Å². The van der Waals surface area contributed by atoms with Crippen molar-refractivity contribution in [1.82, 2.24) is 10.2 Å². The van der Waals surface area contributed by atoms with Gasteiger partial charge in [0.25, 0.3) is 0 Å². The standard InChI is InChI=1S/C20H25N3O2S/c1-25-17-6-4-15(5-7-17)20(8-2-3-9-20)14-22-18(24)12-16-13-26-19-21-10-11-23(16)19/h4-7,13H,2-3,8-12,14H2,1H3,(H,22,24). The average Bonchev–Trinajstić information content (AvgIpc) is 3.39. The van der Waals surface area contributed by atoms with Gasteiger partial charge in [-0.15, -0.1) is 0 Å². The second-order valence-corrected chi connectivity index (χ2v) is 8.05. The van der Waals surface area contributed by atoms with E-state index in [1.54, 1.807) is 18.9 Å². The molecular weight excluding hydrogens is 346 g/mol. The second kappa shape index (κ2) is 7.35. The lowest BCUT2D eigenvalue weighted by atomic mass is 9.78. The number of hydrogen-bond acceptors (Lipinski definition) is 5. The van der Waals surface area contributed by atoms with E-state index >= 15 is 0 Å². The number of rotatable bonds is 6. The third-order valence-corrected chi connectivity index (χ3v) is 6.63. The normalized spacial score (nSPS) is 20.6. The molecular formula is C20H25N3O2S. The Labute approximate surface area is 158 Å². The summed E-state index contributed by atoms with van der Waals surface area (Å²) in [5, 5.41) is 6.31. The number of amidine groups is 1. The van der Waals surface area contributed by atoms with Crippen LogP contribution in [0.3, 0.4) is 0 Å². The van der Waals surface area contributed by atoms with Crippen molar-refractivity contribution in [1.29, 1.82) is 0 Å². The number of hydrogen-bond donors (Lipinski definition) is 1. The monoisotopic (exact) mass is 371 g/mol. The molecule has 2 heterocycles. The fourth-order valence-corrected chi connectivity index (χ4v) is 5.13. The molecule has 1 amide bonds. The number of amides is 1. The van der Waals surface area contributed by atoms with Crippen LogP contribution < -0.4 is 10.1 Å². The molecule has 0 bridgehead atoms. The maximum atomic E-state index is 12.6. The molecule has 0 aromatic heterocycles. The number of aliphatic imine (C=N–C) groups is 1. The van der Waals surface area contributed by atoms with E-state index in [0.717, 1.165) is 42.5 Å². The van der Waals surface area contributed by atoms with Gasteiger partial charge in [0.1, 0.15) is 5.75 Å². The SMILES string of the molecule is COc1ccc(C2(CNC(=O)CC3=CSC4=NCCN34)CCCC2)cc1. The van der Waals surface area contributed by atoms with Crippen LogP contribution in [-0.4, -0.2) is 42.7 Å². The molecule has 1 aromatic carbocycles. The molecule has 1 aromatic rings. The first kappa shape index (κ1) is 17.5. The van der Waals surface area contributed by atoms with E-state index in [0.29, 0.717) is 13.0 Å². The van der Waals surface area contributed by atoms with Crippen LogP contribution in [0, 0.1) is 0 Å². The molecule has 0 unspecified atom stereocenters. The summed E-state index contributed by atoms with van der Waals surface area (Å²) in [6.45, 7) is 2.44. The topological polar surface area (TPSA) is 53.9 Å². The fourth-order valence-electron chi connectivity index (χ4n) is 4.17. The molecule has 5 nitrogen and oxygen atoms in total. The summed E-state index contributed by atoms with van der Waals surface area (Å²) in [6, 6.07) is 8.34. The zero-order valence-corrected chi connectivity index (χ0v) is 16.0. The number of methoxy groups -OCH3 is 1. The first-order valence-corrected chi connectivity index (χ1v) is 10.2. The Morgan fingerprint density at radius 2 is 2.08 bits per heavy atom. The summed E-state index contributed by atoms with van der Waals surface area (Å²) < 4.78 is 5.28. The van der Waals surface area contributed by atoms with E-state index in [1.165, 1.54) is 18.4 Å². The van der Waals surface area contributed by atoms with Crippen molar-refractivity contribution in [2.24, 2.45) is 4.99 Å². The van der Waals surface area contributed by atoms with Crippen LogP contribution in [0.25, 0.3) is 0 Å². The molecule has 0 saturated heterocycles. The average molecular weight is 372 g/mol. The van der Waals surface area contributed by atoms with Gasteiger partial charge < -0.3 is 15.0 Å². The molecule has 1 N–H and O–H groups in total. The molecule has 0 atom stereocenters. The van der Waals surface area contributed by atoms with Crippen molar-refractivity contribution in [3.63, 3.8) is 0 Å². The molecule has 4 rings (SSSR count). The van der Waals surface area contributed by atoms with Crippen molar-refractivity contribution in [3.05, 3.63) is 40.9 Å². The lowest BCUT2D eigenvalue weighted by Crippen LogP contribution is -2.39. The van der Waals surface area contributed by atoms with Crippen molar-refractivity contribution >= 4 is 22.8 Å². The highest BCUT2D eigenvalue weighted by atomic mass is 32.2. The highest BCUT2D eigenvalue weighted by molar-refractivity contribution is 8.16. The molecule has 6 heteroatoms. The lowest BCUT2D eigenvalue weighted by Gasteiger charge is -2.30. The van der Waals surface area contributed by atoms with Crippen molar-refractivity contribution in [2.45, 2.75) is 37.5 Å². The van der Waals surface area contributed by atoms with Crippen molar-refractivity contribution in [3.8, 4) is 5.75 Å². The predicted molar refractivity (Wildman–Crippen MR) is 105 cm³/mol. The van der Waals surface area contributed by atoms with Crippen LogP contribution >= 0.6 is 11.8 Å². The van der Waals surface area contributed by atoms with Crippen LogP contribution in [0.4, 0.5) is 0 Å². The number of fused-ring (bicyclic) bond motifs is 1. The summed E-state index contributed by atoms with van der Waals surface area (Å²) >= 11 is 1.63. The molecule has 3 aliphatic rings. The van der Waals surface area contributed by atoms with E-state index in [9.17, 15) is 4.79 Å². The van der Waals surface area contributed by atoms with Gasteiger partial charge in [0.2, 0.25) is 5.91 Å². The molecule has 1 saturated carbocycles. The molecule has 0 radical (unpaired) electrons. The molecule has 138 valence electrons. The van der Waals surface area contributed by atoms with Gasteiger partial charge in [-0.2, -0.15) is 0 Å². The number of carbonyl (C=O) groups is 1. The summed E-state index contributed by atoms with van der Waals surface area (Å²) in [5.74, 6) is 0.976. The number of nitrogens with zero attached hydrogens (tertiary/aromatic N) is 2. The molecule has 2 aliphatic heterocycles. The van der Waals surface area contributed by atoms with E-state index in [2.05, 4.69) is 32.7 Å². The van der Waals surface area contributed by atoms with Crippen molar-refractivity contribution < 1.29 is 9.53 Å². The highest BCUT2D eigenvalue weighted by Crippen LogP contribution is 2.41. The largest absolute Gasteiger partial charge is 0.497 e. The Hall–Kier alpha value is -1.95. The molecule has 1 aliphatic carbocycles. The van der Waals surface area contributed by atoms with Crippen LogP contribution in [-0.2, 0) is 10.2 Å². The van der Waals surface area contributed by atoms with Gasteiger partial charge in [0.15, 0.2) is 5.17 Å². The minimum absolute atomic E-state index is 0.0565. The highest BCUT2D eigenvalue weighted by Gasteiger charge is 2.36. The first-order chi connectivity index (χ1) is 12.7. The Morgan fingerprint density at radius 1 is 1.31 bits per heavy atom. The summed E-state index contributed by atoms with van der Waals surface area (Å²) in [6.07, 6.45) is 5.13. The third kappa shape index (κ3) is 3.34. The lowest BCUT2D eigenvalue weighted by molar-refractivity contribution is -0.120. The van der Waals surface area contributed by atoms with E-state index in [1.807, 2.05) is 12.1 Å². The Balaban J connectivity index is 1.39.